The van der Waals surface area contributed by atoms with Crippen LogP contribution in [-0.2, 0) is 9.53 Å². The van der Waals surface area contributed by atoms with Gasteiger partial charge in [-0.3, -0.25) is 4.79 Å². The van der Waals surface area contributed by atoms with Crippen LogP contribution in [0.25, 0.3) is 22.2 Å². The van der Waals surface area contributed by atoms with Crippen molar-refractivity contribution in [2.75, 3.05) is 17.7 Å². The van der Waals surface area contributed by atoms with Gasteiger partial charge >= 0.3 is 5.97 Å². The SMILES string of the molecule is CCOC(=O)c1c(-c2ccco2)csc1NC(=O)CSc1cc(C)c2ccccc2[nH+]1. The van der Waals surface area contributed by atoms with Gasteiger partial charge in [0.05, 0.1) is 18.6 Å². The Balaban J connectivity index is 1.50. The maximum absolute atomic E-state index is 12.6. The highest BCUT2D eigenvalue weighted by Gasteiger charge is 2.24. The summed E-state index contributed by atoms with van der Waals surface area (Å²) < 4.78 is 10.6. The number of pyridine rings is 1. The third kappa shape index (κ3) is 4.65. The van der Waals surface area contributed by atoms with Crippen molar-refractivity contribution >= 4 is 50.9 Å². The molecule has 3 heterocycles. The number of furan rings is 1. The molecule has 0 aliphatic carbocycles. The lowest BCUT2D eigenvalue weighted by Gasteiger charge is -2.07. The number of nitrogens with one attached hydrogen (secondary N) is 2. The number of carbonyl (C=O) groups excluding carboxylic acids is 2. The summed E-state index contributed by atoms with van der Waals surface area (Å²) in [5.41, 5.74) is 3.09. The second-order valence-electron chi connectivity index (χ2n) is 6.75. The van der Waals surface area contributed by atoms with Crippen LogP contribution >= 0.6 is 23.1 Å². The Hall–Kier alpha value is -3.10. The molecule has 6 nitrogen and oxygen atoms in total. The maximum Gasteiger partial charge on any atom is 0.341 e. The van der Waals surface area contributed by atoms with Gasteiger partial charge in [-0.2, -0.15) is 4.98 Å². The van der Waals surface area contributed by atoms with Crippen molar-refractivity contribution in [3.8, 4) is 11.3 Å². The average Bonchev–Trinajstić information content (AvgIpc) is 3.42. The maximum atomic E-state index is 12.6. The highest BCUT2D eigenvalue weighted by Crippen LogP contribution is 2.36. The third-order valence-corrected chi connectivity index (χ3v) is 6.46. The van der Waals surface area contributed by atoms with Gasteiger partial charge < -0.3 is 14.5 Å². The number of ether oxygens (including phenoxy) is 1. The predicted molar refractivity (Wildman–Crippen MR) is 123 cm³/mol. The largest absolute Gasteiger partial charge is 0.464 e. The number of benzene rings is 1. The number of aromatic nitrogens is 1. The summed E-state index contributed by atoms with van der Waals surface area (Å²) in [7, 11) is 0. The van der Waals surface area contributed by atoms with Crippen LogP contribution in [0.3, 0.4) is 0 Å². The van der Waals surface area contributed by atoms with Gasteiger partial charge in [-0.15, -0.1) is 11.3 Å². The fraction of sp³-hybridized carbons (Fsp3) is 0.174. The zero-order valence-corrected chi connectivity index (χ0v) is 18.7. The van der Waals surface area contributed by atoms with Crippen molar-refractivity contribution in [3.05, 3.63) is 65.2 Å². The van der Waals surface area contributed by atoms with Gasteiger partial charge in [-0.1, -0.05) is 12.1 Å². The molecule has 8 heteroatoms. The number of anilines is 1. The van der Waals surface area contributed by atoms with Crippen LogP contribution in [0.1, 0.15) is 22.8 Å². The van der Waals surface area contributed by atoms with Gasteiger partial charge in [0.15, 0.2) is 0 Å². The molecule has 4 aromatic rings. The van der Waals surface area contributed by atoms with Gasteiger partial charge in [0.25, 0.3) is 0 Å². The van der Waals surface area contributed by atoms with Crippen LogP contribution < -0.4 is 10.3 Å². The number of esters is 1. The predicted octanol–water partition coefficient (Wildman–Crippen LogP) is 5.19. The molecule has 3 aromatic heterocycles. The molecular weight excluding hydrogens is 432 g/mol. The molecule has 158 valence electrons. The van der Waals surface area contributed by atoms with Gasteiger partial charge in [0, 0.05) is 28.5 Å². The standard InChI is InChI=1S/C23H20N2O4S2/c1-3-28-23(27)21-16(18-9-6-10-29-18)12-31-22(21)25-19(26)13-30-20-11-14(2)15-7-4-5-8-17(15)24-20/h4-12H,3,13H2,1-2H3,(H,25,26)/p+1. The van der Waals surface area contributed by atoms with E-state index < -0.39 is 5.97 Å². The fourth-order valence-corrected chi connectivity index (χ4v) is 4.99. The molecule has 0 unspecified atom stereocenters. The summed E-state index contributed by atoms with van der Waals surface area (Å²) in [5, 5.41) is 7.15. The smallest absolute Gasteiger partial charge is 0.341 e. The number of carbonyl (C=O) groups is 2. The minimum absolute atomic E-state index is 0.199. The number of amides is 1. The van der Waals surface area contributed by atoms with Crippen LogP contribution in [0, 0.1) is 6.92 Å². The minimum atomic E-state index is -0.489. The van der Waals surface area contributed by atoms with E-state index in [0.717, 1.165) is 21.5 Å². The highest BCUT2D eigenvalue weighted by molar-refractivity contribution is 7.99. The van der Waals surface area contributed by atoms with Gasteiger partial charge in [0.2, 0.25) is 16.4 Å². The third-order valence-electron chi connectivity index (χ3n) is 4.63. The molecule has 0 radical (unpaired) electrons. The van der Waals surface area contributed by atoms with Gasteiger partial charge in [0.1, 0.15) is 16.3 Å². The lowest BCUT2D eigenvalue weighted by atomic mass is 10.1. The normalized spacial score (nSPS) is 10.9. The summed E-state index contributed by atoms with van der Waals surface area (Å²) in [6.45, 7) is 4.04. The number of thiophene rings is 1. The molecular formula is C23H21N2O4S2+. The van der Waals surface area contributed by atoms with Crippen molar-refractivity contribution in [3.63, 3.8) is 0 Å². The monoisotopic (exact) mass is 453 g/mol. The van der Waals surface area contributed by atoms with Crippen LogP contribution in [0.2, 0.25) is 0 Å². The molecule has 0 fully saturated rings. The molecule has 2 N–H and O–H groups in total. The number of para-hydroxylation sites is 1. The van der Waals surface area contributed by atoms with Crippen LogP contribution in [0.5, 0.6) is 0 Å². The molecule has 4 rings (SSSR count). The quantitative estimate of drug-likeness (QED) is 0.308. The molecule has 0 saturated carbocycles. The number of thioether (sulfide) groups is 1. The van der Waals surface area contributed by atoms with E-state index in [0.29, 0.717) is 21.9 Å². The van der Waals surface area contributed by atoms with Crippen molar-refractivity contribution in [1.29, 1.82) is 0 Å². The first-order chi connectivity index (χ1) is 15.1. The molecule has 0 aliphatic rings. The molecule has 0 aliphatic heterocycles. The van der Waals surface area contributed by atoms with E-state index in [1.54, 1.807) is 30.7 Å². The van der Waals surface area contributed by atoms with E-state index in [-0.39, 0.29) is 18.3 Å². The van der Waals surface area contributed by atoms with E-state index in [9.17, 15) is 9.59 Å². The zero-order chi connectivity index (χ0) is 21.8. The second kappa shape index (κ2) is 9.36. The number of hydrogen-bond acceptors (Lipinski definition) is 6. The lowest BCUT2D eigenvalue weighted by molar-refractivity contribution is -0.395. The lowest BCUT2D eigenvalue weighted by Crippen LogP contribution is -2.17. The number of hydrogen-bond donors (Lipinski definition) is 1. The fourth-order valence-electron chi connectivity index (χ4n) is 3.23. The first-order valence-electron chi connectivity index (χ1n) is 9.73. The molecule has 31 heavy (non-hydrogen) atoms. The zero-order valence-electron chi connectivity index (χ0n) is 17.1. The number of aromatic amines is 1. The Morgan fingerprint density at radius 1 is 1.23 bits per heavy atom. The van der Waals surface area contributed by atoms with Crippen LogP contribution in [-0.4, -0.2) is 24.2 Å². The molecule has 0 saturated heterocycles. The Bertz CT molecular complexity index is 1230. The minimum Gasteiger partial charge on any atom is -0.464 e. The summed E-state index contributed by atoms with van der Waals surface area (Å²) in [5.74, 6) is 0.0551. The summed E-state index contributed by atoms with van der Waals surface area (Å²) in [6, 6.07) is 13.6. The van der Waals surface area contributed by atoms with Crippen molar-refractivity contribution in [1.82, 2.24) is 0 Å². The van der Waals surface area contributed by atoms with E-state index in [2.05, 4.69) is 16.4 Å². The Labute approximate surface area is 187 Å². The van der Waals surface area contributed by atoms with Crippen molar-refractivity contribution in [2.24, 2.45) is 0 Å². The molecule has 0 spiro atoms. The van der Waals surface area contributed by atoms with Crippen molar-refractivity contribution in [2.45, 2.75) is 18.9 Å². The van der Waals surface area contributed by atoms with E-state index in [4.69, 9.17) is 9.15 Å². The Morgan fingerprint density at radius 3 is 2.84 bits per heavy atom. The molecule has 0 atom stereocenters. The summed E-state index contributed by atoms with van der Waals surface area (Å²) in [6.07, 6.45) is 1.54. The molecule has 0 bridgehead atoms. The van der Waals surface area contributed by atoms with E-state index in [1.807, 2.05) is 31.2 Å². The Kier molecular flexibility index (Phi) is 6.39. The number of H-pyrrole nitrogens is 1. The Morgan fingerprint density at radius 2 is 2.06 bits per heavy atom. The average molecular weight is 454 g/mol. The second-order valence-corrected chi connectivity index (χ2v) is 8.65. The van der Waals surface area contributed by atoms with Crippen LogP contribution in [0.15, 0.2) is 63.6 Å². The van der Waals surface area contributed by atoms with Gasteiger partial charge in [-0.05, 0) is 49.4 Å². The first kappa shape index (κ1) is 21.1. The number of aryl methyl sites for hydroxylation is 1. The summed E-state index contributed by atoms with van der Waals surface area (Å²) in [4.78, 5) is 28.5. The van der Waals surface area contributed by atoms with E-state index >= 15 is 0 Å². The highest BCUT2D eigenvalue weighted by atomic mass is 32.2. The molecule has 1 aromatic carbocycles. The number of fused-ring (bicyclic) bond motifs is 1. The van der Waals surface area contributed by atoms with Gasteiger partial charge in [-0.25, -0.2) is 4.79 Å². The molecule has 1 amide bonds. The van der Waals surface area contributed by atoms with Crippen LogP contribution in [0.4, 0.5) is 5.00 Å². The van der Waals surface area contributed by atoms with Crippen molar-refractivity contribution < 1.29 is 23.7 Å². The van der Waals surface area contributed by atoms with E-state index in [1.165, 1.54) is 23.1 Å². The number of rotatable bonds is 7. The topological polar surface area (TPSA) is 82.7 Å². The summed E-state index contributed by atoms with van der Waals surface area (Å²) >= 11 is 2.68. The first-order valence-corrected chi connectivity index (χ1v) is 11.6.